The maximum Gasteiger partial charge on any atom is 0.267 e. The summed E-state index contributed by atoms with van der Waals surface area (Å²) in [6.07, 6.45) is 8.62. The molecule has 0 heterocycles. The fraction of sp³-hybridized carbons (Fsp3) is 0.522. The van der Waals surface area contributed by atoms with Crippen LogP contribution in [0.1, 0.15) is 56.6 Å². The molecule has 0 radical (unpaired) electrons. The van der Waals surface area contributed by atoms with Crippen molar-refractivity contribution in [1.82, 2.24) is 16.1 Å². The van der Waals surface area contributed by atoms with E-state index < -0.39 is 5.91 Å². The van der Waals surface area contributed by atoms with Crippen molar-refractivity contribution in [2.75, 3.05) is 0 Å². The molecule has 4 aliphatic carbocycles. The van der Waals surface area contributed by atoms with Crippen molar-refractivity contribution in [2.45, 2.75) is 57.5 Å². The lowest BCUT2D eigenvalue weighted by Crippen LogP contribution is -2.65. The standard InChI is InChI=1S/C23H29N3O4/c1-15(27)25-23-11-18-8-19(12-23)10-22(9-18,14-23)21(29)24-13-17-4-2-16(3-5-17)6-7-20(28)26-30/h2-7,18-19,30H,8-14H2,1H3,(H,24,29)(H,25,27)(H,26,28)/b7-6+. The molecule has 1 aromatic rings. The van der Waals surface area contributed by atoms with Gasteiger partial charge in [0.2, 0.25) is 11.8 Å². The molecule has 2 atom stereocenters. The van der Waals surface area contributed by atoms with Gasteiger partial charge in [-0.15, -0.1) is 0 Å². The van der Waals surface area contributed by atoms with E-state index in [1.165, 1.54) is 12.5 Å². The zero-order valence-electron chi connectivity index (χ0n) is 17.2. The van der Waals surface area contributed by atoms with E-state index in [4.69, 9.17) is 5.21 Å². The highest BCUT2D eigenvalue weighted by molar-refractivity contribution is 5.90. The Hall–Kier alpha value is -2.67. The normalized spacial score (nSPS) is 31.5. The van der Waals surface area contributed by atoms with Gasteiger partial charge in [0.1, 0.15) is 0 Å². The predicted octanol–water partition coefficient (Wildman–Crippen LogP) is 2.30. The molecule has 2 unspecified atom stereocenters. The van der Waals surface area contributed by atoms with Crippen LogP contribution in [-0.2, 0) is 20.9 Å². The monoisotopic (exact) mass is 411 g/mol. The number of hydroxylamine groups is 1. The number of rotatable bonds is 6. The van der Waals surface area contributed by atoms with Crippen molar-refractivity contribution >= 4 is 23.8 Å². The van der Waals surface area contributed by atoms with E-state index in [1.54, 1.807) is 18.5 Å². The number of nitrogens with one attached hydrogen (secondary N) is 3. The first kappa shape index (κ1) is 20.6. The lowest BCUT2D eigenvalue weighted by atomic mass is 9.46. The second kappa shape index (κ2) is 7.87. The minimum atomic E-state index is -0.584. The van der Waals surface area contributed by atoms with Gasteiger partial charge in [-0.2, -0.15) is 0 Å². The molecular formula is C23H29N3O4. The van der Waals surface area contributed by atoms with Gasteiger partial charge in [-0.1, -0.05) is 24.3 Å². The molecule has 4 N–H and O–H groups in total. The van der Waals surface area contributed by atoms with E-state index in [0.717, 1.165) is 43.2 Å². The Balaban J connectivity index is 1.40. The maximum atomic E-state index is 13.3. The van der Waals surface area contributed by atoms with E-state index in [0.29, 0.717) is 18.4 Å². The van der Waals surface area contributed by atoms with Gasteiger partial charge in [-0.05, 0) is 67.6 Å². The zero-order valence-corrected chi connectivity index (χ0v) is 17.2. The van der Waals surface area contributed by atoms with Crippen LogP contribution < -0.4 is 16.1 Å². The van der Waals surface area contributed by atoms with Gasteiger partial charge in [0, 0.05) is 25.1 Å². The van der Waals surface area contributed by atoms with Gasteiger partial charge < -0.3 is 10.6 Å². The molecule has 0 aliphatic heterocycles. The summed E-state index contributed by atoms with van der Waals surface area (Å²) in [4.78, 5) is 36.1. The average Bonchev–Trinajstić information content (AvgIpc) is 2.69. The third-order valence-electron chi connectivity index (χ3n) is 6.95. The summed E-state index contributed by atoms with van der Waals surface area (Å²) in [6.45, 7) is 2.02. The number of amides is 3. The predicted molar refractivity (Wildman–Crippen MR) is 111 cm³/mol. The molecule has 3 amide bonds. The molecule has 0 saturated heterocycles. The van der Waals surface area contributed by atoms with Crippen molar-refractivity contribution in [3.05, 3.63) is 41.5 Å². The molecular weight excluding hydrogens is 382 g/mol. The van der Waals surface area contributed by atoms with Crippen molar-refractivity contribution < 1.29 is 19.6 Å². The van der Waals surface area contributed by atoms with Crippen LogP contribution in [0.3, 0.4) is 0 Å². The molecule has 7 nitrogen and oxygen atoms in total. The molecule has 5 rings (SSSR count). The molecule has 4 saturated carbocycles. The van der Waals surface area contributed by atoms with Gasteiger partial charge in [0.05, 0.1) is 5.41 Å². The Morgan fingerprint density at radius 2 is 1.77 bits per heavy atom. The molecule has 4 bridgehead atoms. The first-order valence-corrected chi connectivity index (χ1v) is 10.6. The van der Waals surface area contributed by atoms with E-state index in [2.05, 4.69) is 10.6 Å². The SMILES string of the molecule is CC(=O)NC12CC3CC(C1)CC(C(=O)NCc1ccc(/C=C/C(=O)NO)cc1)(C3)C2. The fourth-order valence-electron chi connectivity index (χ4n) is 6.37. The molecule has 7 heteroatoms. The second-order valence-corrected chi connectivity index (χ2v) is 9.44. The lowest BCUT2D eigenvalue weighted by molar-refractivity contribution is -0.153. The lowest BCUT2D eigenvalue weighted by Gasteiger charge is -2.61. The van der Waals surface area contributed by atoms with Gasteiger partial charge in [0.25, 0.3) is 5.91 Å². The molecule has 1 aromatic carbocycles. The van der Waals surface area contributed by atoms with Gasteiger partial charge >= 0.3 is 0 Å². The van der Waals surface area contributed by atoms with Crippen LogP contribution in [0.15, 0.2) is 30.3 Å². The Labute approximate surface area is 176 Å². The second-order valence-electron chi connectivity index (χ2n) is 9.44. The van der Waals surface area contributed by atoms with Gasteiger partial charge in [-0.3, -0.25) is 19.6 Å². The first-order valence-electron chi connectivity index (χ1n) is 10.6. The summed E-state index contributed by atoms with van der Waals surface area (Å²) in [6, 6.07) is 7.54. The van der Waals surface area contributed by atoms with Crippen molar-refractivity contribution in [3.8, 4) is 0 Å². The Morgan fingerprint density at radius 3 is 2.37 bits per heavy atom. The molecule has 160 valence electrons. The maximum absolute atomic E-state index is 13.3. The average molecular weight is 412 g/mol. The van der Waals surface area contributed by atoms with Gasteiger partial charge in [-0.25, -0.2) is 5.48 Å². The molecule has 0 aromatic heterocycles. The number of hydrogen-bond acceptors (Lipinski definition) is 4. The summed E-state index contributed by atoms with van der Waals surface area (Å²) < 4.78 is 0. The van der Waals surface area contributed by atoms with Crippen LogP contribution in [-0.4, -0.2) is 28.5 Å². The Morgan fingerprint density at radius 1 is 1.10 bits per heavy atom. The highest BCUT2D eigenvalue weighted by atomic mass is 16.5. The third-order valence-corrected chi connectivity index (χ3v) is 6.95. The van der Waals surface area contributed by atoms with E-state index in [-0.39, 0.29) is 22.8 Å². The summed E-state index contributed by atoms with van der Waals surface area (Å²) in [5, 5.41) is 14.9. The van der Waals surface area contributed by atoms with Crippen LogP contribution >= 0.6 is 0 Å². The van der Waals surface area contributed by atoms with Crippen LogP contribution in [0, 0.1) is 17.3 Å². The third kappa shape index (κ3) is 4.12. The van der Waals surface area contributed by atoms with E-state index >= 15 is 0 Å². The zero-order chi connectivity index (χ0) is 21.4. The summed E-state index contributed by atoms with van der Waals surface area (Å²) in [7, 11) is 0. The number of benzene rings is 1. The number of carbonyl (C=O) groups is 3. The summed E-state index contributed by atoms with van der Waals surface area (Å²) in [5.41, 5.74) is 2.78. The van der Waals surface area contributed by atoms with Crippen molar-refractivity contribution in [1.29, 1.82) is 0 Å². The summed E-state index contributed by atoms with van der Waals surface area (Å²) in [5.74, 6) is 0.559. The smallest absolute Gasteiger partial charge is 0.267 e. The molecule has 30 heavy (non-hydrogen) atoms. The topological polar surface area (TPSA) is 108 Å². The van der Waals surface area contributed by atoms with Crippen LogP contribution in [0.2, 0.25) is 0 Å². The minimum Gasteiger partial charge on any atom is -0.352 e. The van der Waals surface area contributed by atoms with Gasteiger partial charge in [0.15, 0.2) is 0 Å². The van der Waals surface area contributed by atoms with Crippen LogP contribution in [0.5, 0.6) is 0 Å². The Bertz CT molecular complexity index is 863. The van der Waals surface area contributed by atoms with Crippen molar-refractivity contribution in [3.63, 3.8) is 0 Å². The quantitative estimate of drug-likeness (QED) is 0.327. The summed E-state index contributed by atoms with van der Waals surface area (Å²) >= 11 is 0. The molecule has 0 spiro atoms. The first-order chi connectivity index (χ1) is 14.3. The van der Waals surface area contributed by atoms with Crippen LogP contribution in [0.4, 0.5) is 0 Å². The number of carbonyl (C=O) groups excluding carboxylic acids is 3. The number of hydrogen-bond donors (Lipinski definition) is 4. The minimum absolute atomic E-state index is 0.00174. The van der Waals surface area contributed by atoms with E-state index in [1.807, 2.05) is 24.3 Å². The Kier molecular flexibility index (Phi) is 5.40. The molecule has 4 fully saturated rings. The van der Waals surface area contributed by atoms with Crippen molar-refractivity contribution in [2.24, 2.45) is 17.3 Å². The van der Waals surface area contributed by atoms with E-state index in [9.17, 15) is 14.4 Å². The largest absolute Gasteiger partial charge is 0.352 e. The highest BCUT2D eigenvalue weighted by Crippen LogP contribution is 2.61. The molecule has 4 aliphatic rings. The van der Waals surface area contributed by atoms with Crippen LogP contribution in [0.25, 0.3) is 6.08 Å². The fourth-order valence-corrected chi connectivity index (χ4v) is 6.37. The highest BCUT2D eigenvalue weighted by Gasteiger charge is 2.60.